The van der Waals surface area contributed by atoms with E-state index in [0.29, 0.717) is 6.54 Å². The average molecular weight is 276 g/mol. The summed E-state index contributed by atoms with van der Waals surface area (Å²) in [6.07, 6.45) is 2.56. The van der Waals surface area contributed by atoms with Crippen LogP contribution in [0, 0.1) is 0 Å². The molecule has 1 heterocycles. The average Bonchev–Trinajstić information content (AvgIpc) is 2.91. The third-order valence-corrected chi connectivity index (χ3v) is 3.76. The third-order valence-electron chi connectivity index (χ3n) is 3.76. The molecule has 0 bridgehead atoms. The number of para-hydroxylation sites is 1. The van der Waals surface area contributed by atoms with Gasteiger partial charge in [0.15, 0.2) is 0 Å². The van der Waals surface area contributed by atoms with Gasteiger partial charge in [0.1, 0.15) is 0 Å². The molecule has 5 nitrogen and oxygen atoms in total. The maximum absolute atomic E-state index is 11.2. The summed E-state index contributed by atoms with van der Waals surface area (Å²) in [5.74, 6) is -0.291. The van der Waals surface area contributed by atoms with E-state index >= 15 is 0 Å². The molecule has 1 aliphatic rings. The number of likely N-dealkylation sites (tertiary alicyclic amines) is 1. The van der Waals surface area contributed by atoms with Gasteiger partial charge < -0.3 is 16.4 Å². The van der Waals surface area contributed by atoms with E-state index in [1.807, 2.05) is 24.3 Å². The van der Waals surface area contributed by atoms with Crippen LogP contribution in [-0.4, -0.2) is 48.4 Å². The standard InChI is InChI=1S/C15H24N4O/c16-14-6-2-1-5-13(14)11-19(12-15(17)20)10-9-18-7-3-4-8-18/h1-2,5-6H,3-4,7-12,16H2,(H2,17,20). The smallest absolute Gasteiger partial charge is 0.231 e. The molecule has 1 aromatic carbocycles. The molecular weight excluding hydrogens is 252 g/mol. The monoisotopic (exact) mass is 276 g/mol. The Labute approximate surface area is 120 Å². The first-order chi connectivity index (χ1) is 9.65. The number of nitrogen functional groups attached to an aromatic ring is 1. The van der Waals surface area contributed by atoms with Crippen LogP contribution >= 0.6 is 0 Å². The molecule has 110 valence electrons. The quantitative estimate of drug-likeness (QED) is 0.717. The first-order valence-electron chi connectivity index (χ1n) is 7.21. The number of primary amides is 1. The number of anilines is 1. The predicted octanol–water partition coefficient (Wildman–Crippen LogP) is 0.652. The van der Waals surface area contributed by atoms with Gasteiger partial charge in [0.2, 0.25) is 5.91 Å². The van der Waals surface area contributed by atoms with Gasteiger partial charge in [-0.3, -0.25) is 9.69 Å². The van der Waals surface area contributed by atoms with Gasteiger partial charge >= 0.3 is 0 Å². The number of hydrogen-bond acceptors (Lipinski definition) is 4. The zero-order valence-corrected chi connectivity index (χ0v) is 11.9. The van der Waals surface area contributed by atoms with E-state index in [-0.39, 0.29) is 12.5 Å². The third kappa shape index (κ3) is 4.51. The van der Waals surface area contributed by atoms with Gasteiger partial charge in [-0.15, -0.1) is 0 Å². The van der Waals surface area contributed by atoms with E-state index in [1.54, 1.807) is 0 Å². The SMILES string of the molecule is NC(=O)CN(CCN1CCCC1)Cc1ccccc1N. The summed E-state index contributed by atoms with van der Waals surface area (Å²) >= 11 is 0. The predicted molar refractivity (Wildman–Crippen MR) is 81.0 cm³/mol. The molecule has 1 fully saturated rings. The van der Waals surface area contributed by atoms with Crippen LogP contribution < -0.4 is 11.5 Å². The van der Waals surface area contributed by atoms with E-state index in [2.05, 4.69) is 9.80 Å². The zero-order chi connectivity index (χ0) is 14.4. The summed E-state index contributed by atoms with van der Waals surface area (Å²) < 4.78 is 0. The molecule has 5 heteroatoms. The molecule has 0 aliphatic carbocycles. The van der Waals surface area contributed by atoms with Gasteiger partial charge in [0, 0.05) is 25.3 Å². The molecule has 0 saturated carbocycles. The topological polar surface area (TPSA) is 75.6 Å². The first-order valence-corrected chi connectivity index (χ1v) is 7.21. The van der Waals surface area contributed by atoms with Gasteiger partial charge in [-0.25, -0.2) is 0 Å². The van der Waals surface area contributed by atoms with Crippen molar-refractivity contribution in [3.8, 4) is 0 Å². The van der Waals surface area contributed by atoms with Crippen molar-refractivity contribution in [1.29, 1.82) is 0 Å². The molecule has 1 saturated heterocycles. The van der Waals surface area contributed by atoms with Crippen molar-refractivity contribution >= 4 is 11.6 Å². The number of amides is 1. The summed E-state index contributed by atoms with van der Waals surface area (Å²) in [6.45, 7) is 5.11. The van der Waals surface area contributed by atoms with E-state index in [0.717, 1.165) is 37.4 Å². The van der Waals surface area contributed by atoms with Crippen LogP contribution in [-0.2, 0) is 11.3 Å². The van der Waals surface area contributed by atoms with Gasteiger partial charge in [-0.1, -0.05) is 18.2 Å². The highest BCUT2D eigenvalue weighted by molar-refractivity contribution is 5.75. The van der Waals surface area contributed by atoms with E-state index < -0.39 is 0 Å². The first kappa shape index (κ1) is 14.8. The molecule has 20 heavy (non-hydrogen) atoms. The van der Waals surface area contributed by atoms with Gasteiger partial charge in [0.25, 0.3) is 0 Å². The number of nitrogens with zero attached hydrogens (tertiary/aromatic N) is 2. The Morgan fingerprint density at radius 3 is 2.60 bits per heavy atom. The van der Waals surface area contributed by atoms with E-state index in [9.17, 15) is 4.79 Å². The molecule has 1 aromatic rings. The van der Waals surface area contributed by atoms with Crippen LogP contribution in [0.2, 0.25) is 0 Å². The molecule has 0 aromatic heterocycles. The molecule has 1 amide bonds. The van der Waals surface area contributed by atoms with Crippen LogP contribution in [0.25, 0.3) is 0 Å². The maximum atomic E-state index is 11.2. The molecule has 0 atom stereocenters. The summed E-state index contributed by atoms with van der Waals surface area (Å²) in [5, 5.41) is 0. The van der Waals surface area contributed by atoms with E-state index in [1.165, 1.54) is 12.8 Å². The Balaban J connectivity index is 1.92. The zero-order valence-electron chi connectivity index (χ0n) is 11.9. The Morgan fingerprint density at radius 2 is 1.95 bits per heavy atom. The molecule has 1 aliphatic heterocycles. The minimum absolute atomic E-state index is 0.280. The number of benzene rings is 1. The van der Waals surface area contributed by atoms with Crippen molar-refractivity contribution in [3.63, 3.8) is 0 Å². The van der Waals surface area contributed by atoms with Gasteiger partial charge in [-0.2, -0.15) is 0 Å². The summed E-state index contributed by atoms with van der Waals surface area (Å²) in [5.41, 5.74) is 13.1. The van der Waals surface area contributed by atoms with Gasteiger partial charge in [0.05, 0.1) is 6.54 Å². The van der Waals surface area contributed by atoms with Crippen molar-refractivity contribution < 1.29 is 4.79 Å². The van der Waals surface area contributed by atoms with Crippen LogP contribution in [0.5, 0.6) is 0 Å². The Kier molecular flexibility index (Phi) is 5.38. The van der Waals surface area contributed by atoms with Gasteiger partial charge in [-0.05, 0) is 37.6 Å². The van der Waals surface area contributed by atoms with Crippen LogP contribution in [0.15, 0.2) is 24.3 Å². The number of carbonyl (C=O) groups is 1. The Bertz CT molecular complexity index is 443. The Hall–Kier alpha value is -1.59. The van der Waals surface area contributed by atoms with Crippen molar-refractivity contribution in [3.05, 3.63) is 29.8 Å². The van der Waals surface area contributed by atoms with Crippen molar-refractivity contribution in [2.24, 2.45) is 5.73 Å². The van der Waals surface area contributed by atoms with Crippen LogP contribution in [0.3, 0.4) is 0 Å². The van der Waals surface area contributed by atoms with Crippen molar-refractivity contribution in [1.82, 2.24) is 9.80 Å². The lowest BCUT2D eigenvalue weighted by molar-refractivity contribution is -0.119. The van der Waals surface area contributed by atoms with Crippen LogP contribution in [0.1, 0.15) is 18.4 Å². The Morgan fingerprint density at radius 1 is 1.25 bits per heavy atom. The fourth-order valence-electron chi connectivity index (χ4n) is 2.64. The summed E-state index contributed by atoms with van der Waals surface area (Å²) in [4.78, 5) is 15.7. The van der Waals surface area contributed by atoms with E-state index in [4.69, 9.17) is 11.5 Å². The number of rotatable bonds is 7. The fourth-order valence-corrected chi connectivity index (χ4v) is 2.64. The van der Waals surface area contributed by atoms with Crippen molar-refractivity contribution in [2.75, 3.05) is 38.5 Å². The minimum Gasteiger partial charge on any atom is -0.398 e. The second kappa shape index (κ2) is 7.26. The largest absolute Gasteiger partial charge is 0.398 e. The lowest BCUT2D eigenvalue weighted by Crippen LogP contribution is -2.38. The summed E-state index contributed by atoms with van der Waals surface area (Å²) in [7, 11) is 0. The second-order valence-corrected chi connectivity index (χ2v) is 5.42. The number of nitrogens with two attached hydrogens (primary N) is 2. The highest BCUT2D eigenvalue weighted by Gasteiger charge is 2.15. The lowest BCUT2D eigenvalue weighted by atomic mass is 10.1. The lowest BCUT2D eigenvalue weighted by Gasteiger charge is -2.24. The molecule has 0 radical (unpaired) electrons. The number of carbonyl (C=O) groups excluding carboxylic acids is 1. The molecule has 4 N–H and O–H groups in total. The molecule has 0 unspecified atom stereocenters. The van der Waals surface area contributed by atoms with Crippen molar-refractivity contribution in [2.45, 2.75) is 19.4 Å². The maximum Gasteiger partial charge on any atom is 0.231 e. The molecular formula is C15H24N4O. The molecule has 2 rings (SSSR count). The minimum atomic E-state index is -0.291. The number of hydrogen-bond donors (Lipinski definition) is 2. The summed E-state index contributed by atoms with van der Waals surface area (Å²) in [6, 6.07) is 7.77. The highest BCUT2D eigenvalue weighted by atomic mass is 16.1. The fraction of sp³-hybridized carbons (Fsp3) is 0.533. The normalized spacial score (nSPS) is 15.8. The molecule has 0 spiro atoms. The van der Waals surface area contributed by atoms with Crippen LogP contribution in [0.4, 0.5) is 5.69 Å². The highest BCUT2D eigenvalue weighted by Crippen LogP contribution is 2.14. The second-order valence-electron chi connectivity index (χ2n) is 5.42.